The first-order valence-corrected chi connectivity index (χ1v) is 4.67. The minimum absolute atomic E-state index is 0.294. The van der Waals surface area contributed by atoms with Gasteiger partial charge in [-0.25, -0.2) is 0 Å². The number of hydrogen-bond donors (Lipinski definition) is 1. The van der Waals surface area contributed by atoms with Gasteiger partial charge in [-0.15, -0.1) is 0 Å². The smallest absolute Gasteiger partial charge is 0.323 e. The van der Waals surface area contributed by atoms with Crippen molar-refractivity contribution in [2.45, 2.75) is 12.2 Å². The molecular weight excluding hydrogens is 184 g/mol. The third-order valence-corrected chi connectivity index (χ3v) is 2.13. The molecule has 70 valence electrons. The van der Waals surface area contributed by atoms with Crippen LogP contribution in [0.15, 0.2) is 30.3 Å². The highest BCUT2D eigenvalue weighted by molar-refractivity contribution is 7.81. The van der Waals surface area contributed by atoms with Crippen LogP contribution in [-0.2, 0) is 9.53 Å². The van der Waals surface area contributed by atoms with Crippen molar-refractivity contribution in [3.05, 3.63) is 35.9 Å². The van der Waals surface area contributed by atoms with Crippen LogP contribution in [0.1, 0.15) is 17.7 Å². The maximum Gasteiger partial charge on any atom is 0.323 e. The second-order valence-corrected chi connectivity index (χ2v) is 3.08. The fourth-order valence-corrected chi connectivity index (χ4v) is 1.24. The fourth-order valence-electron chi connectivity index (χ4n) is 0.993. The van der Waals surface area contributed by atoms with Gasteiger partial charge in [0.15, 0.2) is 0 Å². The monoisotopic (exact) mass is 196 g/mol. The molecule has 0 aliphatic heterocycles. The first kappa shape index (κ1) is 10.1. The van der Waals surface area contributed by atoms with Crippen LogP contribution in [0.25, 0.3) is 0 Å². The Kier molecular flexibility index (Phi) is 3.83. The van der Waals surface area contributed by atoms with Crippen molar-refractivity contribution in [2.24, 2.45) is 0 Å². The maximum absolute atomic E-state index is 11.2. The highest BCUT2D eigenvalue weighted by atomic mass is 32.1. The van der Waals surface area contributed by atoms with Gasteiger partial charge in [-0.3, -0.25) is 4.79 Å². The zero-order valence-corrected chi connectivity index (χ0v) is 8.33. The third kappa shape index (κ3) is 2.77. The summed E-state index contributed by atoms with van der Waals surface area (Å²) in [6.07, 6.45) is 0. The van der Waals surface area contributed by atoms with Crippen molar-refractivity contribution in [1.29, 1.82) is 0 Å². The Morgan fingerprint density at radius 1 is 1.46 bits per heavy atom. The fraction of sp³-hybridized carbons (Fsp3) is 0.300. The van der Waals surface area contributed by atoms with Crippen LogP contribution in [0.2, 0.25) is 0 Å². The molecule has 2 nitrogen and oxygen atoms in total. The van der Waals surface area contributed by atoms with Crippen molar-refractivity contribution < 1.29 is 9.53 Å². The van der Waals surface area contributed by atoms with E-state index in [-0.39, 0.29) is 5.97 Å². The third-order valence-electron chi connectivity index (χ3n) is 1.63. The summed E-state index contributed by atoms with van der Waals surface area (Å²) in [6.45, 7) is 2.17. The number of hydrogen-bond acceptors (Lipinski definition) is 3. The molecule has 0 fully saturated rings. The van der Waals surface area contributed by atoms with E-state index in [9.17, 15) is 4.79 Å². The molecule has 0 bridgehead atoms. The maximum atomic E-state index is 11.2. The van der Waals surface area contributed by atoms with Gasteiger partial charge in [0.1, 0.15) is 5.25 Å². The molecule has 0 N–H and O–H groups in total. The largest absolute Gasteiger partial charge is 0.465 e. The minimum atomic E-state index is -0.471. The van der Waals surface area contributed by atoms with Gasteiger partial charge in [0.2, 0.25) is 0 Å². The molecule has 1 aromatic carbocycles. The van der Waals surface area contributed by atoms with Gasteiger partial charge >= 0.3 is 5.97 Å². The van der Waals surface area contributed by atoms with Gasteiger partial charge in [-0.2, -0.15) is 12.6 Å². The molecule has 0 radical (unpaired) electrons. The van der Waals surface area contributed by atoms with E-state index in [1.165, 1.54) is 0 Å². The van der Waals surface area contributed by atoms with Gasteiger partial charge in [-0.1, -0.05) is 30.3 Å². The molecule has 1 atom stereocenters. The first-order chi connectivity index (χ1) is 6.25. The van der Waals surface area contributed by atoms with Gasteiger partial charge in [-0.05, 0) is 12.5 Å². The van der Waals surface area contributed by atoms with Gasteiger partial charge in [0, 0.05) is 0 Å². The lowest BCUT2D eigenvalue weighted by atomic mass is 10.1. The van der Waals surface area contributed by atoms with Crippen molar-refractivity contribution in [3.8, 4) is 0 Å². The molecule has 0 spiro atoms. The Hall–Kier alpha value is -0.960. The molecule has 0 aromatic heterocycles. The number of carbonyl (C=O) groups is 1. The van der Waals surface area contributed by atoms with Crippen LogP contribution in [0, 0.1) is 0 Å². The Bertz CT molecular complexity index is 272. The normalized spacial score (nSPS) is 12.2. The van der Waals surface area contributed by atoms with Crippen LogP contribution in [0.3, 0.4) is 0 Å². The average Bonchev–Trinajstić information content (AvgIpc) is 2.18. The van der Waals surface area contributed by atoms with Gasteiger partial charge < -0.3 is 4.74 Å². The summed E-state index contributed by atoms with van der Waals surface area (Å²) in [5, 5.41) is -0.471. The summed E-state index contributed by atoms with van der Waals surface area (Å²) >= 11 is 4.17. The lowest BCUT2D eigenvalue weighted by Gasteiger charge is -2.09. The summed E-state index contributed by atoms with van der Waals surface area (Å²) in [5.74, 6) is -0.294. The van der Waals surface area contributed by atoms with E-state index in [0.717, 1.165) is 5.56 Å². The van der Waals surface area contributed by atoms with E-state index >= 15 is 0 Å². The van der Waals surface area contributed by atoms with E-state index in [0.29, 0.717) is 6.61 Å². The highest BCUT2D eigenvalue weighted by Crippen LogP contribution is 2.20. The average molecular weight is 196 g/mol. The Balaban J connectivity index is 2.68. The van der Waals surface area contributed by atoms with E-state index in [1.54, 1.807) is 6.92 Å². The van der Waals surface area contributed by atoms with E-state index in [2.05, 4.69) is 12.6 Å². The van der Waals surface area contributed by atoms with Crippen molar-refractivity contribution in [3.63, 3.8) is 0 Å². The molecule has 0 aliphatic rings. The van der Waals surface area contributed by atoms with Crippen LogP contribution in [0.5, 0.6) is 0 Å². The second kappa shape index (κ2) is 4.92. The Labute approximate surface area is 83.3 Å². The van der Waals surface area contributed by atoms with E-state index in [4.69, 9.17) is 4.74 Å². The molecule has 3 heteroatoms. The number of thiol groups is 1. The summed E-state index contributed by atoms with van der Waals surface area (Å²) < 4.78 is 4.84. The van der Waals surface area contributed by atoms with Gasteiger partial charge in [0.05, 0.1) is 6.61 Å². The van der Waals surface area contributed by atoms with Crippen molar-refractivity contribution in [1.82, 2.24) is 0 Å². The number of carbonyl (C=O) groups excluding carboxylic acids is 1. The number of rotatable bonds is 3. The highest BCUT2D eigenvalue weighted by Gasteiger charge is 2.16. The zero-order valence-electron chi connectivity index (χ0n) is 7.43. The number of ether oxygens (including phenoxy) is 1. The van der Waals surface area contributed by atoms with Crippen LogP contribution >= 0.6 is 12.6 Å². The van der Waals surface area contributed by atoms with E-state index < -0.39 is 5.25 Å². The Morgan fingerprint density at radius 2 is 2.08 bits per heavy atom. The van der Waals surface area contributed by atoms with E-state index in [1.807, 2.05) is 30.3 Å². The SMILES string of the molecule is CCOC(=O)C(S)c1ccccc1. The first-order valence-electron chi connectivity index (χ1n) is 4.15. The molecule has 0 amide bonds. The zero-order chi connectivity index (χ0) is 9.68. The molecule has 1 rings (SSSR count). The van der Waals surface area contributed by atoms with Crippen molar-refractivity contribution >= 4 is 18.6 Å². The predicted molar refractivity (Wildman–Crippen MR) is 54.8 cm³/mol. The van der Waals surface area contributed by atoms with Gasteiger partial charge in [0.25, 0.3) is 0 Å². The van der Waals surface area contributed by atoms with Crippen LogP contribution < -0.4 is 0 Å². The molecular formula is C10H12O2S. The lowest BCUT2D eigenvalue weighted by Crippen LogP contribution is -2.10. The molecule has 1 unspecified atom stereocenters. The minimum Gasteiger partial charge on any atom is -0.465 e. The van der Waals surface area contributed by atoms with Crippen LogP contribution in [-0.4, -0.2) is 12.6 Å². The standard InChI is InChI=1S/C10H12O2S/c1-2-12-10(11)9(13)8-6-4-3-5-7-8/h3-7,9,13H,2H2,1H3. The van der Waals surface area contributed by atoms with Crippen LogP contribution in [0.4, 0.5) is 0 Å². The quantitative estimate of drug-likeness (QED) is 0.592. The van der Waals surface area contributed by atoms with Crippen molar-refractivity contribution in [2.75, 3.05) is 6.61 Å². The number of benzene rings is 1. The molecule has 0 saturated heterocycles. The number of esters is 1. The molecule has 0 heterocycles. The lowest BCUT2D eigenvalue weighted by molar-refractivity contribution is -0.142. The molecule has 13 heavy (non-hydrogen) atoms. The second-order valence-electron chi connectivity index (χ2n) is 2.57. The summed E-state index contributed by atoms with van der Waals surface area (Å²) in [7, 11) is 0. The predicted octanol–water partition coefficient (Wildman–Crippen LogP) is 2.22. The molecule has 1 aromatic rings. The topological polar surface area (TPSA) is 26.3 Å². The summed E-state index contributed by atoms with van der Waals surface area (Å²) in [6, 6.07) is 9.36. The molecule has 0 saturated carbocycles. The Morgan fingerprint density at radius 3 is 2.62 bits per heavy atom. The summed E-state index contributed by atoms with van der Waals surface area (Å²) in [4.78, 5) is 11.2. The molecule has 0 aliphatic carbocycles. The summed E-state index contributed by atoms with van der Waals surface area (Å²) in [5.41, 5.74) is 0.865.